The van der Waals surface area contributed by atoms with E-state index in [9.17, 15) is 14.4 Å². The lowest BCUT2D eigenvalue weighted by Crippen LogP contribution is -2.28. The van der Waals surface area contributed by atoms with Crippen LogP contribution in [-0.2, 0) is 14.3 Å². The highest BCUT2D eigenvalue weighted by atomic mass is 32.2. The summed E-state index contributed by atoms with van der Waals surface area (Å²) in [6.45, 7) is 5.43. The molecule has 10 nitrogen and oxygen atoms in total. The quantitative estimate of drug-likeness (QED) is 0.423. The Morgan fingerprint density at radius 3 is 2.57 bits per heavy atom. The number of nitrogens with one attached hydrogen (secondary N) is 1. The van der Waals surface area contributed by atoms with E-state index in [2.05, 4.69) is 20.3 Å². The topological polar surface area (TPSA) is 155 Å². The van der Waals surface area contributed by atoms with E-state index in [1.54, 1.807) is 13.8 Å². The van der Waals surface area contributed by atoms with E-state index in [4.69, 9.17) is 11.5 Å². The fourth-order valence-corrected chi connectivity index (χ4v) is 4.45. The van der Waals surface area contributed by atoms with Gasteiger partial charge in [0.15, 0.2) is 5.16 Å². The van der Waals surface area contributed by atoms with Gasteiger partial charge in [0.1, 0.15) is 11.0 Å². The summed E-state index contributed by atoms with van der Waals surface area (Å²) in [4.78, 5) is 37.0. The van der Waals surface area contributed by atoms with E-state index in [0.29, 0.717) is 22.1 Å². The molecule has 0 radical (unpaired) electrons. The minimum atomic E-state index is -0.737. The van der Waals surface area contributed by atoms with Crippen molar-refractivity contribution in [2.45, 2.75) is 38.4 Å². The highest BCUT2D eigenvalue weighted by Gasteiger charge is 2.27. The minimum Gasteiger partial charge on any atom is -0.468 e. The normalized spacial score (nSPS) is 11.9. The van der Waals surface area contributed by atoms with Crippen molar-refractivity contribution < 1.29 is 19.1 Å². The second-order valence-electron chi connectivity index (χ2n) is 5.84. The number of hydrogen-bond donors (Lipinski definition) is 3. The summed E-state index contributed by atoms with van der Waals surface area (Å²) in [5.74, 6) is -1.39. The molecule has 5 N–H and O–H groups in total. The molecule has 1 unspecified atom stereocenters. The van der Waals surface area contributed by atoms with Crippen molar-refractivity contribution >= 4 is 51.8 Å². The standard InChI is InChI=1S/C16H22N6O4S2/c1-5-9(22-15(18)20-21-16(22)27-6-10(23)26-4)13(25)19-14-11(12(17)24)7(2)8(3)28-14/h9H,5-6H2,1-4H3,(H2,17,24)(H2,18,20)(H,19,25). The zero-order valence-corrected chi connectivity index (χ0v) is 17.6. The first kappa shape index (κ1) is 21.7. The zero-order chi connectivity index (χ0) is 21.0. The van der Waals surface area contributed by atoms with Crippen molar-refractivity contribution in [3.05, 3.63) is 16.0 Å². The number of aromatic nitrogens is 3. The Bertz CT molecular complexity index is 907. The number of amides is 2. The molecular formula is C16H22N6O4S2. The Hall–Kier alpha value is -2.60. The number of methoxy groups -OCH3 is 1. The Balaban J connectivity index is 2.30. The number of carbonyl (C=O) groups excluding carboxylic acids is 3. The number of aryl methyl sites for hydroxylation is 1. The van der Waals surface area contributed by atoms with Gasteiger partial charge in [-0.3, -0.25) is 19.0 Å². The molecule has 28 heavy (non-hydrogen) atoms. The second kappa shape index (κ2) is 9.06. The van der Waals surface area contributed by atoms with Gasteiger partial charge in [0, 0.05) is 4.88 Å². The number of anilines is 2. The van der Waals surface area contributed by atoms with Gasteiger partial charge in [-0.05, 0) is 25.8 Å². The molecule has 0 saturated carbocycles. The molecule has 152 valence electrons. The van der Waals surface area contributed by atoms with Gasteiger partial charge >= 0.3 is 5.97 Å². The van der Waals surface area contributed by atoms with E-state index in [1.165, 1.54) is 23.0 Å². The first-order chi connectivity index (χ1) is 13.2. The molecule has 0 bridgehead atoms. The van der Waals surface area contributed by atoms with Crippen molar-refractivity contribution in [3.63, 3.8) is 0 Å². The van der Waals surface area contributed by atoms with Gasteiger partial charge in [-0.25, -0.2) is 0 Å². The molecule has 0 aliphatic carbocycles. The lowest BCUT2D eigenvalue weighted by Gasteiger charge is -2.18. The Labute approximate surface area is 170 Å². The molecule has 0 fully saturated rings. The maximum atomic E-state index is 12.9. The summed E-state index contributed by atoms with van der Waals surface area (Å²) in [6, 6.07) is -0.737. The van der Waals surface area contributed by atoms with Crippen molar-refractivity contribution in [2.24, 2.45) is 5.73 Å². The van der Waals surface area contributed by atoms with Crippen molar-refractivity contribution in [2.75, 3.05) is 23.9 Å². The van der Waals surface area contributed by atoms with Crippen LogP contribution in [0.15, 0.2) is 5.16 Å². The van der Waals surface area contributed by atoms with Gasteiger partial charge in [0.05, 0.1) is 18.4 Å². The third-order valence-corrected chi connectivity index (χ3v) is 6.15. The number of carbonyl (C=O) groups is 3. The van der Waals surface area contributed by atoms with Gasteiger partial charge in [0.2, 0.25) is 11.9 Å². The van der Waals surface area contributed by atoms with Gasteiger partial charge in [-0.2, -0.15) is 0 Å². The molecule has 0 aliphatic heterocycles. The van der Waals surface area contributed by atoms with E-state index in [1.807, 2.05) is 6.92 Å². The number of hydrogen-bond acceptors (Lipinski definition) is 9. The van der Waals surface area contributed by atoms with Crippen LogP contribution in [0, 0.1) is 13.8 Å². The van der Waals surface area contributed by atoms with Crippen molar-refractivity contribution in [1.82, 2.24) is 14.8 Å². The SMILES string of the molecule is CCC(C(=O)Nc1sc(C)c(C)c1C(N)=O)n1c(N)nnc1SCC(=O)OC. The molecule has 2 amide bonds. The van der Waals surface area contributed by atoms with Crippen LogP contribution in [0.3, 0.4) is 0 Å². The number of nitrogen functional groups attached to an aromatic ring is 1. The lowest BCUT2D eigenvalue weighted by atomic mass is 10.1. The molecular weight excluding hydrogens is 404 g/mol. The minimum absolute atomic E-state index is 0.00181. The van der Waals surface area contributed by atoms with E-state index >= 15 is 0 Å². The highest BCUT2D eigenvalue weighted by molar-refractivity contribution is 7.99. The summed E-state index contributed by atoms with van der Waals surface area (Å²) >= 11 is 2.34. The molecule has 2 aromatic heterocycles. The Morgan fingerprint density at radius 2 is 2.00 bits per heavy atom. The predicted octanol–water partition coefficient (Wildman–Crippen LogP) is 1.49. The second-order valence-corrected chi connectivity index (χ2v) is 8.01. The molecule has 2 aromatic rings. The third-order valence-electron chi connectivity index (χ3n) is 4.11. The van der Waals surface area contributed by atoms with Crippen LogP contribution in [-0.4, -0.2) is 45.4 Å². The fourth-order valence-electron chi connectivity index (χ4n) is 2.55. The highest BCUT2D eigenvalue weighted by Crippen LogP contribution is 2.33. The molecule has 0 spiro atoms. The average Bonchev–Trinajstić information content (AvgIpc) is 3.13. The molecule has 0 aromatic carbocycles. The van der Waals surface area contributed by atoms with Gasteiger partial charge < -0.3 is 21.5 Å². The molecule has 0 saturated heterocycles. The number of nitrogens with two attached hydrogens (primary N) is 2. The number of nitrogens with zero attached hydrogens (tertiary/aromatic N) is 3. The van der Waals surface area contributed by atoms with Crippen LogP contribution < -0.4 is 16.8 Å². The third kappa shape index (κ3) is 4.44. The van der Waals surface area contributed by atoms with Crippen LogP contribution in [0.5, 0.6) is 0 Å². The monoisotopic (exact) mass is 426 g/mol. The smallest absolute Gasteiger partial charge is 0.316 e. The molecule has 1 atom stereocenters. The first-order valence-corrected chi connectivity index (χ1v) is 10.1. The van der Waals surface area contributed by atoms with E-state index in [-0.39, 0.29) is 11.7 Å². The predicted molar refractivity (Wildman–Crippen MR) is 107 cm³/mol. The maximum absolute atomic E-state index is 12.9. The van der Waals surface area contributed by atoms with Crippen LogP contribution in [0.25, 0.3) is 0 Å². The maximum Gasteiger partial charge on any atom is 0.316 e. The number of primary amides is 1. The van der Waals surface area contributed by atoms with Crippen LogP contribution in [0.1, 0.15) is 40.2 Å². The average molecular weight is 427 g/mol. The van der Waals surface area contributed by atoms with Gasteiger partial charge in [0.25, 0.3) is 5.91 Å². The number of thioether (sulfide) groups is 1. The van der Waals surface area contributed by atoms with Crippen LogP contribution >= 0.6 is 23.1 Å². The summed E-state index contributed by atoms with van der Waals surface area (Å²) in [7, 11) is 1.28. The number of thiophene rings is 1. The van der Waals surface area contributed by atoms with E-state index in [0.717, 1.165) is 22.2 Å². The Morgan fingerprint density at radius 1 is 1.32 bits per heavy atom. The molecule has 0 aliphatic rings. The largest absolute Gasteiger partial charge is 0.468 e. The van der Waals surface area contributed by atoms with Gasteiger partial charge in [-0.15, -0.1) is 21.5 Å². The molecule has 2 heterocycles. The summed E-state index contributed by atoms with van der Waals surface area (Å²) in [5, 5.41) is 11.2. The Kier molecular flexibility index (Phi) is 7.02. The van der Waals surface area contributed by atoms with Crippen molar-refractivity contribution in [3.8, 4) is 0 Å². The zero-order valence-electron chi connectivity index (χ0n) is 15.9. The van der Waals surface area contributed by atoms with Crippen LogP contribution in [0.4, 0.5) is 10.9 Å². The molecule has 2 rings (SSSR count). The number of rotatable bonds is 8. The van der Waals surface area contributed by atoms with Crippen molar-refractivity contribution in [1.29, 1.82) is 0 Å². The van der Waals surface area contributed by atoms with Gasteiger partial charge in [-0.1, -0.05) is 18.7 Å². The fraction of sp³-hybridized carbons (Fsp3) is 0.438. The van der Waals surface area contributed by atoms with E-state index < -0.39 is 23.8 Å². The van der Waals surface area contributed by atoms with Crippen LogP contribution in [0.2, 0.25) is 0 Å². The first-order valence-electron chi connectivity index (χ1n) is 8.31. The number of esters is 1. The summed E-state index contributed by atoms with van der Waals surface area (Å²) in [6.07, 6.45) is 0.384. The summed E-state index contributed by atoms with van der Waals surface area (Å²) < 4.78 is 6.07. The summed E-state index contributed by atoms with van der Waals surface area (Å²) in [5.41, 5.74) is 12.4. The molecule has 12 heteroatoms. The number of ether oxygens (including phenoxy) is 1. The lowest BCUT2D eigenvalue weighted by molar-refractivity contribution is -0.137.